The number of anilines is 1. The highest BCUT2D eigenvalue weighted by Gasteiger charge is 2.10. The minimum atomic E-state index is 1.15. The molecule has 0 aliphatic carbocycles. The van der Waals surface area contributed by atoms with Crippen LogP contribution in [-0.2, 0) is 0 Å². The first-order valence-electron chi connectivity index (χ1n) is 7.70. The lowest BCUT2D eigenvalue weighted by Crippen LogP contribution is -2.25. The maximum Gasteiger partial charge on any atom is 0.0446 e. The Morgan fingerprint density at radius 1 is 0.850 bits per heavy atom. The monoisotopic (exact) mass is 333 g/mol. The molecule has 0 unspecified atom stereocenters. The van der Waals surface area contributed by atoms with Gasteiger partial charge in [0.2, 0.25) is 0 Å². The zero-order valence-corrected chi connectivity index (χ0v) is 14.1. The van der Waals surface area contributed by atoms with Crippen molar-refractivity contribution in [2.75, 3.05) is 18.0 Å². The van der Waals surface area contributed by atoms with Crippen LogP contribution in [-0.4, -0.2) is 13.1 Å². The SMILES string of the molecule is CCCCN(CCCC)c1ccc(Br)c2ccccc12. The highest BCUT2D eigenvalue weighted by atomic mass is 79.9. The maximum atomic E-state index is 3.67. The lowest BCUT2D eigenvalue weighted by Gasteiger charge is -2.26. The molecule has 20 heavy (non-hydrogen) atoms. The second-order valence-corrected chi connectivity index (χ2v) is 6.16. The van der Waals surface area contributed by atoms with Gasteiger partial charge in [0.05, 0.1) is 0 Å². The molecule has 0 spiro atoms. The third-order valence-electron chi connectivity index (χ3n) is 3.75. The third kappa shape index (κ3) is 3.54. The minimum Gasteiger partial charge on any atom is -0.371 e. The summed E-state index contributed by atoms with van der Waals surface area (Å²) in [6.45, 7) is 6.83. The normalized spacial score (nSPS) is 10.9. The molecule has 2 heteroatoms. The van der Waals surface area contributed by atoms with E-state index in [2.05, 4.69) is 71.1 Å². The first-order chi connectivity index (χ1) is 9.77. The predicted molar refractivity (Wildman–Crippen MR) is 93.7 cm³/mol. The molecule has 1 nitrogen and oxygen atoms in total. The Labute approximate surface area is 131 Å². The molecule has 0 atom stereocenters. The van der Waals surface area contributed by atoms with Gasteiger partial charge in [-0.25, -0.2) is 0 Å². The van der Waals surface area contributed by atoms with Crippen molar-refractivity contribution in [3.05, 3.63) is 40.9 Å². The van der Waals surface area contributed by atoms with Gasteiger partial charge in [0.15, 0.2) is 0 Å². The summed E-state index contributed by atoms with van der Waals surface area (Å²) in [6.07, 6.45) is 5.01. The van der Waals surface area contributed by atoms with Gasteiger partial charge in [-0.2, -0.15) is 0 Å². The smallest absolute Gasteiger partial charge is 0.0446 e. The van der Waals surface area contributed by atoms with Gasteiger partial charge in [0.1, 0.15) is 0 Å². The van der Waals surface area contributed by atoms with Gasteiger partial charge < -0.3 is 4.90 Å². The summed E-state index contributed by atoms with van der Waals surface area (Å²) in [5.41, 5.74) is 1.38. The highest BCUT2D eigenvalue weighted by molar-refractivity contribution is 9.10. The van der Waals surface area contributed by atoms with E-state index in [9.17, 15) is 0 Å². The van der Waals surface area contributed by atoms with Crippen molar-refractivity contribution in [2.24, 2.45) is 0 Å². The van der Waals surface area contributed by atoms with Crippen LogP contribution >= 0.6 is 15.9 Å². The number of rotatable bonds is 7. The number of hydrogen-bond acceptors (Lipinski definition) is 1. The molecule has 0 fully saturated rings. The van der Waals surface area contributed by atoms with Crippen LogP contribution in [0.25, 0.3) is 10.8 Å². The molecule has 0 aliphatic rings. The second kappa shape index (κ2) is 7.68. The molecule has 2 aromatic rings. The Balaban J connectivity index is 2.38. The van der Waals surface area contributed by atoms with E-state index in [1.165, 1.54) is 46.6 Å². The van der Waals surface area contributed by atoms with Crippen molar-refractivity contribution in [3.63, 3.8) is 0 Å². The van der Waals surface area contributed by atoms with E-state index in [1.54, 1.807) is 0 Å². The maximum absolute atomic E-state index is 3.67. The molecule has 2 rings (SSSR count). The Morgan fingerprint density at radius 2 is 1.45 bits per heavy atom. The Bertz CT molecular complexity index is 542. The Kier molecular flexibility index (Phi) is 5.90. The van der Waals surface area contributed by atoms with E-state index in [0.717, 1.165) is 13.1 Å². The molecule has 0 aromatic heterocycles. The van der Waals surface area contributed by atoms with Gasteiger partial charge in [-0.3, -0.25) is 0 Å². The number of halogens is 1. The summed E-state index contributed by atoms with van der Waals surface area (Å²) >= 11 is 3.67. The van der Waals surface area contributed by atoms with Gasteiger partial charge in [-0.05, 0) is 30.4 Å². The van der Waals surface area contributed by atoms with E-state index in [0.29, 0.717) is 0 Å². The summed E-state index contributed by atoms with van der Waals surface area (Å²) in [7, 11) is 0. The van der Waals surface area contributed by atoms with Crippen LogP contribution in [0.2, 0.25) is 0 Å². The van der Waals surface area contributed by atoms with Crippen molar-refractivity contribution in [2.45, 2.75) is 39.5 Å². The molecule has 0 aliphatic heterocycles. The van der Waals surface area contributed by atoms with E-state index in [-0.39, 0.29) is 0 Å². The van der Waals surface area contributed by atoms with E-state index in [4.69, 9.17) is 0 Å². The van der Waals surface area contributed by atoms with Gasteiger partial charge in [0, 0.05) is 28.6 Å². The average Bonchev–Trinajstić information content (AvgIpc) is 2.49. The summed E-state index contributed by atoms with van der Waals surface area (Å²) < 4.78 is 1.18. The number of nitrogens with zero attached hydrogens (tertiary/aromatic N) is 1. The predicted octanol–water partition coefficient (Wildman–Crippen LogP) is 6.01. The summed E-state index contributed by atoms with van der Waals surface area (Å²) in [5, 5.41) is 2.66. The van der Waals surface area contributed by atoms with Crippen molar-refractivity contribution in [1.29, 1.82) is 0 Å². The molecule has 2 aromatic carbocycles. The molecule has 0 bridgehead atoms. The standard InChI is InChI=1S/C18H24BrN/c1-3-5-13-20(14-6-4-2)18-12-11-17(19)15-9-7-8-10-16(15)18/h7-12H,3-6,13-14H2,1-2H3. The van der Waals surface area contributed by atoms with Crippen LogP contribution in [0.4, 0.5) is 5.69 Å². The van der Waals surface area contributed by atoms with Crippen LogP contribution in [0.1, 0.15) is 39.5 Å². The van der Waals surface area contributed by atoms with E-state index < -0.39 is 0 Å². The number of benzene rings is 2. The van der Waals surface area contributed by atoms with Crippen molar-refractivity contribution < 1.29 is 0 Å². The number of fused-ring (bicyclic) bond motifs is 1. The molecule has 0 radical (unpaired) electrons. The summed E-state index contributed by atoms with van der Waals surface area (Å²) in [6, 6.07) is 13.1. The molecule has 0 amide bonds. The zero-order valence-electron chi connectivity index (χ0n) is 12.5. The van der Waals surface area contributed by atoms with Crippen molar-refractivity contribution in [1.82, 2.24) is 0 Å². The van der Waals surface area contributed by atoms with Gasteiger partial charge >= 0.3 is 0 Å². The van der Waals surface area contributed by atoms with Crippen LogP contribution in [0, 0.1) is 0 Å². The van der Waals surface area contributed by atoms with Crippen LogP contribution < -0.4 is 4.90 Å². The van der Waals surface area contributed by atoms with Crippen LogP contribution in [0.15, 0.2) is 40.9 Å². The van der Waals surface area contributed by atoms with E-state index >= 15 is 0 Å². The first kappa shape index (κ1) is 15.4. The molecular weight excluding hydrogens is 310 g/mol. The molecule has 0 saturated carbocycles. The summed E-state index contributed by atoms with van der Waals surface area (Å²) in [4.78, 5) is 2.56. The number of unbranched alkanes of at least 4 members (excludes halogenated alkanes) is 2. The van der Waals surface area contributed by atoms with Crippen LogP contribution in [0.3, 0.4) is 0 Å². The molecule has 0 heterocycles. The zero-order chi connectivity index (χ0) is 14.4. The van der Waals surface area contributed by atoms with Crippen molar-refractivity contribution in [3.8, 4) is 0 Å². The van der Waals surface area contributed by atoms with E-state index in [1.807, 2.05) is 0 Å². The quantitative estimate of drug-likeness (QED) is 0.599. The first-order valence-corrected chi connectivity index (χ1v) is 8.49. The summed E-state index contributed by atoms with van der Waals surface area (Å²) in [5.74, 6) is 0. The highest BCUT2D eigenvalue weighted by Crippen LogP contribution is 2.32. The second-order valence-electron chi connectivity index (χ2n) is 5.31. The Morgan fingerprint density at radius 3 is 2.05 bits per heavy atom. The third-order valence-corrected chi connectivity index (χ3v) is 4.44. The van der Waals surface area contributed by atoms with Crippen LogP contribution in [0.5, 0.6) is 0 Å². The fraction of sp³-hybridized carbons (Fsp3) is 0.444. The lowest BCUT2D eigenvalue weighted by atomic mass is 10.1. The molecule has 0 saturated heterocycles. The Hall–Kier alpha value is -1.02. The number of hydrogen-bond donors (Lipinski definition) is 0. The fourth-order valence-electron chi connectivity index (χ4n) is 2.57. The topological polar surface area (TPSA) is 3.24 Å². The fourth-order valence-corrected chi connectivity index (χ4v) is 3.05. The average molecular weight is 334 g/mol. The van der Waals surface area contributed by atoms with Gasteiger partial charge in [0.25, 0.3) is 0 Å². The molecule has 108 valence electrons. The largest absolute Gasteiger partial charge is 0.371 e. The van der Waals surface area contributed by atoms with Crippen molar-refractivity contribution >= 4 is 32.4 Å². The van der Waals surface area contributed by atoms with Gasteiger partial charge in [-0.1, -0.05) is 66.9 Å². The molecular formula is C18H24BrN. The minimum absolute atomic E-state index is 1.15. The molecule has 0 N–H and O–H groups in total. The van der Waals surface area contributed by atoms with Gasteiger partial charge in [-0.15, -0.1) is 0 Å². The lowest BCUT2D eigenvalue weighted by molar-refractivity contribution is 0.679.